The molecule has 2 nitrogen and oxygen atoms in total. The van der Waals surface area contributed by atoms with Crippen LogP contribution in [0.1, 0.15) is 26.2 Å². The molecular formula is C7H16N2S. The minimum Gasteiger partial charge on any atom is -0.388 e. The average molecular weight is 160 g/mol. The molecular weight excluding hydrogens is 144 g/mol. The quantitative estimate of drug-likeness (QED) is 0.354. The van der Waals surface area contributed by atoms with E-state index in [4.69, 9.17) is 11.1 Å². The third-order valence-corrected chi connectivity index (χ3v) is 2.17. The second kappa shape index (κ2) is 6.93. The van der Waals surface area contributed by atoms with Crippen LogP contribution in [0.2, 0.25) is 0 Å². The van der Waals surface area contributed by atoms with Crippen molar-refractivity contribution in [3.8, 4) is 0 Å². The van der Waals surface area contributed by atoms with Crippen molar-refractivity contribution < 1.29 is 0 Å². The third-order valence-electron chi connectivity index (χ3n) is 1.19. The van der Waals surface area contributed by atoms with Crippen LogP contribution in [0, 0.1) is 5.41 Å². The molecule has 0 aliphatic rings. The van der Waals surface area contributed by atoms with Crippen LogP contribution in [0.5, 0.6) is 0 Å². The van der Waals surface area contributed by atoms with E-state index in [1.54, 1.807) is 0 Å². The summed E-state index contributed by atoms with van der Waals surface area (Å²) >= 11 is 1.95. The Bertz CT molecular complexity index is 93.6. The van der Waals surface area contributed by atoms with Gasteiger partial charge in [-0.05, 0) is 24.3 Å². The fraction of sp³-hybridized carbons (Fsp3) is 0.857. The lowest BCUT2D eigenvalue weighted by molar-refractivity contribution is 0.837. The van der Waals surface area contributed by atoms with Crippen LogP contribution in [0.4, 0.5) is 0 Å². The van der Waals surface area contributed by atoms with Gasteiger partial charge in [0.2, 0.25) is 0 Å². The molecule has 0 aromatic heterocycles. The van der Waals surface area contributed by atoms with Crippen molar-refractivity contribution >= 4 is 17.6 Å². The van der Waals surface area contributed by atoms with Crippen LogP contribution in [-0.4, -0.2) is 17.3 Å². The molecule has 3 N–H and O–H groups in total. The summed E-state index contributed by atoms with van der Waals surface area (Å²) in [6.45, 7) is 2.16. The Morgan fingerprint density at radius 2 is 2.20 bits per heavy atom. The van der Waals surface area contributed by atoms with Crippen molar-refractivity contribution in [2.24, 2.45) is 5.73 Å². The van der Waals surface area contributed by atoms with Gasteiger partial charge < -0.3 is 5.73 Å². The van der Waals surface area contributed by atoms with Crippen LogP contribution < -0.4 is 5.73 Å². The van der Waals surface area contributed by atoms with Gasteiger partial charge in [-0.1, -0.05) is 6.92 Å². The maximum absolute atomic E-state index is 6.95. The first-order chi connectivity index (χ1) is 4.77. The van der Waals surface area contributed by atoms with E-state index in [9.17, 15) is 0 Å². The number of rotatable bonds is 6. The largest absolute Gasteiger partial charge is 0.388 e. The standard InChI is InChI=1S/C7H16N2S/c1-2-10-6-4-3-5-7(8)9/h2-6H2,1H3,(H3,8,9). The molecule has 0 atom stereocenters. The van der Waals surface area contributed by atoms with E-state index < -0.39 is 0 Å². The second-order valence-corrected chi connectivity index (χ2v) is 3.57. The highest BCUT2D eigenvalue weighted by molar-refractivity contribution is 7.99. The topological polar surface area (TPSA) is 49.9 Å². The molecule has 0 fully saturated rings. The highest BCUT2D eigenvalue weighted by atomic mass is 32.2. The molecule has 0 aromatic rings. The molecule has 0 spiro atoms. The van der Waals surface area contributed by atoms with Gasteiger partial charge in [-0.2, -0.15) is 11.8 Å². The van der Waals surface area contributed by atoms with Crippen LogP contribution in [-0.2, 0) is 0 Å². The maximum Gasteiger partial charge on any atom is 0.0905 e. The number of amidine groups is 1. The Labute approximate surface area is 67.1 Å². The molecule has 0 heterocycles. The molecule has 0 aromatic carbocycles. The molecule has 0 bridgehead atoms. The van der Waals surface area contributed by atoms with Crippen LogP contribution in [0.15, 0.2) is 0 Å². The lowest BCUT2D eigenvalue weighted by Crippen LogP contribution is -2.08. The van der Waals surface area contributed by atoms with Gasteiger partial charge in [0, 0.05) is 6.42 Å². The molecule has 0 aliphatic heterocycles. The molecule has 0 radical (unpaired) electrons. The molecule has 0 saturated carbocycles. The molecule has 0 rings (SSSR count). The van der Waals surface area contributed by atoms with E-state index in [2.05, 4.69) is 6.92 Å². The fourth-order valence-corrected chi connectivity index (χ4v) is 1.36. The Balaban J connectivity index is 2.84. The molecule has 3 heteroatoms. The molecule has 0 saturated heterocycles. The number of unbranched alkanes of at least 4 members (excludes halogenated alkanes) is 1. The van der Waals surface area contributed by atoms with Gasteiger partial charge in [0.05, 0.1) is 5.84 Å². The van der Waals surface area contributed by atoms with Crippen molar-refractivity contribution in [1.82, 2.24) is 0 Å². The fourth-order valence-electron chi connectivity index (χ4n) is 0.664. The number of nitrogens with two attached hydrogens (primary N) is 1. The van der Waals surface area contributed by atoms with Gasteiger partial charge in [-0.25, -0.2) is 0 Å². The van der Waals surface area contributed by atoms with Crippen LogP contribution in [0.25, 0.3) is 0 Å². The SMILES string of the molecule is CCSCCCCC(=N)N. The van der Waals surface area contributed by atoms with Crippen molar-refractivity contribution in [3.63, 3.8) is 0 Å². The predicted octanol–water partition coefficient (Wildman–Crippen LogP) is 1.85. The number of hydrogen-bond acceptors (Lipinski definition) is 2. The van der Waals surface area contributed by atoms with Crippen molar-refractivity contribution in [2.45, 2.75) is 26.2 Å². The second-order valence-electron chi connectivity index (χ2n) is 2.18. The van der Waals surface area contributed by atoms with Crippen molar-refractivity contribution in [3.05, 3.63) is 0 Å². The zero-order valence-corrected chi connectivity index (χ0v) is 7.34. The Morgan fingerprint density at radius 3 is 2.70 bits per heavy atom. The highest BCUT2D eigenvalue weighted by Crippen LogP contribution is 2.04. The van der Waals surface area contributed by atoms with Crippen molar-refractivity contribution in [2.75, 3.05) is 11.5 Å². The average Bonchev–Trinajstić information content (AvgIpc) is 1.87. The first-order valence-electron chi connectivity index (χ1n) is 3.68. The van der Waals surface area contributed by atoms with E-state index in [1.807, 2.05) is 11.8 Å². The minimum absolute atomic E-state index is 0.321. The predicted molar refractivity (Wildman–Crippen MR) is 48.8 cm³/mol. The summed E-state index contributed by atoms with van der Waals surface area (Å²) in [7, 11) is 0. The van der Waals surface area contributed by atoms with E-state index in [0.29, 0.717) is 5.84 Å². The van der Waals surface area contributed by atoms with Crippen LogP contribution >= 0.6 is 11.8 Å². The summed E-state index contributed by atoms with van der Waals surface area (Å²) in [6, 6.07) is 0. The zero-order chi connectivity index (χ0) is 7.82. The van der Waals surface area contributed by atoms with Gasteiger partial charge >= 0.3 is 0 Å². The minimum atomic E-state index is 0.321. The summed E-state index contributed by atoms with van der Waals surface area (Å²) in [5.74, 6) is 2.73. The summed E-state index contributed by atoms with van der Waals surface area (Å²) in [4.78, 5) is 0. The van der Waals surface area contributed by atoms with Gasteiger partial charge in [-0.15, -0.1) is 0 Å². The van der Waals surface area contributed by atoms with E-state index in [0.717, 1.165) is 12.8 Å². The number of hydrogen-bond donors (Lipinski definition) is 2. The lowest BCUT2D eigenvalue weighted by Gasteiger charge is -1.97. The summed E-state index contributed by atoms with van der Waals surface area (Å²) in [5.41, 5.74) is 5.18. The number of nitrogens with one attached hydrogen (secondary N) is 1. The van der Waals surface area contributed by atoms with E-state index in [1.165, 1.54) is 17.9 Å². The summed E-state index contributed by atoms with van der Waals surface area (Å²) in [5, 5.41) is 6.95. The maximum atomic E-state index is 6.95. The smallest absolute Gasteiger partial charge is 0.0905 e. The van der Waals surface area contributed by atoms with E-state index >= 15 is 0 Å². The lowest BCUT2D eigenvalue weighted by atomic mass is 10.2. The van der Waals surface area contributed by atoms with Gasteiger partial charge in [0.25, 0.3) is 0 Å². The Hall–Kier alpha value is -0.180. The van der Waals surface area contributed by atoms with Gasteiger partial charge in [0.1, 0.15) is 0 Å². The monoisotopic (exact) mass is 160 g/mol. The summed E-state index contributed by atoms with van der Waals surface area (Å²) in [6.07, 6.45) is 3.03. The van der Waals surface area contributed by atoms with Gasteiger partial charge in [0.15, 0.2) is 0 Å². The first-order valence-corrected chi connectivity index (χ1v) is 4.83. The first kappa shape index (κ1) is 9.82. The third kappa shape index (κ3) is 7.82. The van der Waals surface area contributed by atoms with Gasteiger partial charge in [-0.3, -0.25) is 5.41 Å². The molecule has 10 heavy (non-hydrogen) atoms. The molecule has 60 valence electrons. The van der Waals surface area contributed by atoms with E-state index in [-0.39, 0.29) is 0 Å². The normalized spacial score (nSPS) is 9.70. The molecule has 0 aliphatic carbocycles. The summed E-state index contributed by atoms with van der Waals surface area (Å²) < 4.78 is 0. The van der Waals surface area contributed by atoms with Crippen LogP contribution in [0.3, 0.4) is 0 Å². The Morgan fingerprint density at radius 1 is 1.50 bits per heavy atom. The highest BCUT2D eigenvalue weighted by Gasteiger charge is 1.90. The molecule has 0 unspecified atom stereocenters. The number of thioether (sulfide) groups is 1. The zero-order valence-electron chi connectivity index (χ0n) is 6.52. The van der Waals surface area contributed by atoms with Crippen molar-refractivity contribution in [1.29, 1.82) is 5.41 Å². The Kier molecular flexibility index (Phi) is 6.81. The molecule has 0 amide bonds.